The predicted molar refractivity (Wildman–Crippen MR) is 139 cm³/mol. The molecule has 1 N–H and O–H groups in total. The SMILES string of the molecule is Cc1ccc(S(=O)(=O)N[C@@H](C)Cc2cn([C@@H]3CCOc4cc(CN5CCCCC5)ccc43)nn2)cc1. The summed E-state index contributed by atoms with van der Waals surface area (Å²) < 4.78 is 36.1. The summed E-state index contributed by atoms with van der Waals surface area (Å²) in [6, 6.07) is 13.1. The number of hydrogen-bond acceptors (Lipinski definition) is 6. The van der Waals surface area contributed by atoms with Crippen molar-refractivity contribution in [1.82, 2.24) is 24.6 Å². The molecule has 2 aliphatic heterocycles. The molecule has 0 amide bonds. The molecule has 9 heteroatoms. The number of aryl methyl sites for hydroxylation is 1. The second-order valence-corrected chi connectivity index (χ2v) is 11.8. The van der Waals surface area contributed by atoms with E-state index >= 15 is 0 Å². The number of fused-ring (bicyclic) bond motifs is 1. The van der Waals surface area contributed by atoms with Crippen LogP contribution in [0, 0.1) is 6.92 Å². The molecule has 0 radical (unpaired) electrons. The van der Waals surface area contributed by atoms with Crippen molar-refractivity contribution in [1.29, 1.82) is 0 Å². The molecule has 0 aliphatic carbocycles. The monoisotopic (exact) mass is 509 g/mol. The van der Waals surface area contributed by atoms with Gasteiger partial charge in [0.25, 0.3) is 0 Å². The van der Waals surface area contributed by atoms with Crippen LogP contribution in [0.3, 0.4) is 0 Å². The van der Waals surface area contributed by atoms with Gasteiger partial charge in [-0.25, -0.2) is 17.8 Å². The van der Waals surface area contributed by atoms with Crippen molar-refractivity contribution in [2.75, 3.05) is 19.7 Å². The van der Waals surface area contributed by atoms with E-state index in [2.05, 4.69) is 38.1 Å². The Kier molecular flexibility index (Phi) is 7.41. The third-order valence-electron chi connectivity index (χ3n) is 7.02. The van der Waals surface area contributed by atoms with Gasteiger partial charge in [-0.05, 0) is 63.5 Å². The van der Waals surface area contributed by atoms with Crippen molar-refractivity contribution in [2.45, 2.75) is 69.5 Å². The number of benzene rings is 2. The lowest BCUT2D eigenvalue weighted by Crippen LogP contribution is -2.34. The van der Waals surface area contributed by atoms with Crippen molar-refractivity contribution in [3.63, 3.8) is 0 Å². The highest BCUT2D eigenvalue weighted by atomic mass is 32.2. The first-order valence-electron chi connectivity index (χ1n) is 12.8. The largest absolute Gasteiger partial charge is 0.493 e. The Morgan fingerprint density at radius 1 is 1.11 bits per heavy atom. The number of nitrogens with one attached hydrogen (secondary N) is 1. The van der Waals surface area contributed by atoms with E-state index in [1.807, 2.05) is 24.7 Å². The van der Waals surface area contributed by atoms with Crippen LogP contribution in [0.15, 0.2) is 53.6 Å². The highest BCUT2D eigenvalue weighted by Gasteiger charge is 2.26. The summed E-state index contributed by atoms with van der Waals surface area (Å²) in [4.78, 5) is 2.78. The fourth-order valence-electron chi connectivity index (χ4n) is 5.13. The number of piperidine rings is 1. The van der Waals surface area contributed by atoms with Crippen LogP contribution in [0.25, 0.3) is 0 Å². The Balaban J connectivity index is 1.24. The Labute approximate surface area is 213 Å². The molecular formula is C27H35N5O3S. The maximum atomic E-state index is 12.7. The van der Waals surface area contributed by atoms with Gasteiger partial charge in [0.2, 0.25) is 10.0 Å². The molecule has 3 aromatic rings. The van der Waals surface area contributed by atoms with Crippen LogP contribution in [0.2, 0.25) is 0 Å². The lowest BCUT2D eigenvalue weighted by atomic mass is 9.98. The molecule has 0 bridgehead atoms. The van der Waals surface area contributed by atoms with Crippen molar-refractivity contribution in [3.8, 4) is 5.75 Å². The molecule has 2 aromatic carbocycles. The summed E-state index contributed by atoms with van der Waals surface area (Å²) in [5.41, 5.74) is 4.17. The highest BCUT2D eigenvalue weighted by molar-refractivity contribution is 7.89. The fourth-order valence-corrected chi connectivity index (χ4v) is 6.37. The van der Waals surface area contributed by atoms with Gasteiger partial charge in [0.05, 0.1) is 23.2 Å². The minimum absolute atomic E-state index is 0.0543. The summed E-state index contributed by atoms with van der Waals surface area (Å²) in [6.45, 7) is 7.71. The van der Waals surface area contributed by atoms with E-state index in [0.29, 0.717) is 13.0 Å². The van der Waals surface area contributed by atoms with Gasteiger partial charge in [-0.15, -0.1) is 5.10 Å². The Hall–Kier alpha value is -2.75. The Morgan fingerprint density at radius 2 is 1.89 bits per heavy atom. The summed E-state index contributed by atoms with van der Waals surface area (Å²) in [5.74, 6) is 0.928. The van der Waals surface area contributed by atoms with E-state index in [9.17, 15) is 8.42 Å². The number of likely N-dealkylation sites (tertiary alicyclic amines) is 1. The van der Waals surface area contributed by atoms with Gasteiger partial charge in [-0.2, -0.15) is 0 Å². The van der Waals surface area contributed by atoms with Gasteiger partial charge in [0, 0.05) is 37.2 Å². The van der Waals surface area contributed by atoms with E-state index < -0.39 is 10.0 Å². The van der Waals surface area contributed by atoms with Gasteiger partial charge < -0.3 is 4.74 Å². The molecule has 36 heavy (non-hydrogen) atoms. The topological polar surface area (TPSA) is 89.4 Å². The lowest BCUT2D eigenvalue weighted by Gasteiger charge is -2.29. The van der Waals surface area contributed by atoms with E-state index in [4.69, 9.17) is 4.74 Å². The van der Waals surface area contributed by atoms with Gasteiger partial charge in [0.1, 0.15) is 5.75 Å². The van der Waals surface area contributed by atoms with Gasteiger partial charge in [0.15, 0.2) is 0 Å². The molecule has 192 valence electrons. The van der Waals surface area contributed by atoms with Crippen LogP contribution in [-0.2, 0) is 23.0 Å². The normalized spacial score (nSPS) is 19.4. The maximum Gasteiger partial charge on any atom is 0.240 e. The number of aromatic nitrogens is 3. The average Bonchev–Trinajstić information content (AvgIpc) is 3.32. The number of nitrogens with zero attached hydrogens (tertiary/aromatic N) is 4. The van der Waals surface area contributed by atoms with Gasteiger partial charge in [-0.1, -0.05) is 41.5 Å². The summed E-state index contributed by atoms with van der Waals surface area (Å²) in [7, 11) is -3.59. The van der Waals surface area contributed by atoms with Crippen LogP contribution in [0.4, 0.5) is 0 Å². The zero-order valence-corrected chi connectivity index (χ0v) is 21.9. The van der Waals surface area contributed by atoms with Crippen LogP contribution in [0.1, 0.15) is 61.0 Å². The average molecular weight is 510 g/mol. The number of hydrogen-bond donors (Lipinski definition) is 1. The Bertz CT molecular complexity index is 1280. The number of rotatable bonds is 8. The molecule has 0 spiro atoms. The molecule has 2 aliphatic rings. The van der Waals surface area contributed by atoms with Crippen LogP contribution < -0.4 is 9.46 Å². The van der Waals surface area contributed by atoms with Crippen LogP contribution >= 0.6 is 0 Å². The third kappa shape index (κ3) is 5.79. The standard InChI is InChI=1S/C27H35N5O3S/c1-20-6-9-24(10-7-20)36(33,34)29-21(2)16-23-19-32(30-28-23)26-12-15-35-27-17-22(8-11-25(26)27)18-31-13-4-3-5-14-31/h6-11,17,19,21,26,29H,3-5,12-16,18H2,1-2H3/t21-,26+/m0/s1. The minimum atomic E-state index is -3.59. The zero-order chi connectivity index (χ0) is 25.1. The summed E-state index contributed by atoms with van der Waals surface area (Å²) in [6.07, 6.45) is 7.10. The first kappa shape index (κ1) is 24.9. The van der Waals surface area contributed by atoms with E-state index in [1.54, 1.807) is 24.3 Å². The second-order valence-electron chi connectivity index (χ2n) is 10.1. The van der Waals surface area contributed by atoms with Gasteiger partial charge in [-0.3, -0.25) is 4.90 Å². The number of ether oxygens (including phenoxy) is 1. The van der Waals surface area contributed by atoms with Crippen LogP contribution in [0.5, 0.6) is 5.75 Å². The molecule has 2 atom stereocenters. The van der Waals surface area contributed by atoms with E-state index in [0.717, 1.165) is 35.5 Å². The molecule has 3 heterocycles. The lowest BCUT2D eigenvalue weighted by molar-refractivity contribution is 0.219. The molecule has 1 saturated heterocycles. The molecule has 0 saturated carbocycles. The summed E-state index contributed by atoms with van der Waals surface area (Å²) in [5, 5.41) is 8.74. The quantitative estimate of drug-likeness (QED) is 0.496. The molecule has 1 aromatic heterocycles. The first-order chi connectivity index (χ1) is 17.4. The molecule has 1 fully saturated rings. The van der Waals surface area contributed by atoms with Crippen molar-refractivity contribution in [2.24, 2.45) is 0 Å². The van der Waals surface area contributed by atoms with Crippen molar-refractivity contribution in [3.05, 3.63) is 71.0 Å². The van der Waals surface area contributed by atoms with E-state index in [-0.39, 0.29) is 17.0 Å². The summed E-state index contributed by atoms with van der Waals surface area (Å²) >= 11 is 0. The minimum Gasteiger partial charge on any atom is -0.493 e. The fraction of sp³-hybridized carbons (Fsp3) is 0.481. The number of sulfonamides is 1. The second kappa shape index (κ2) is 10.7. The van der Waals surface area contributed by atoms with E-state index in [1.165, 1.54) is 37.9 Å². The molecule has 0 unspecified atom stereocenters. The third-order valence-corrected chi connectivity index (χ3v) is 8.63. The van der Waals surface area contributed by atoms with Crippen molar-refractivity contribution >= 4 is 10.0 Å². The smallest absolute Gasteiger partial charge is 0.240 e. The molecule has 5 rings (SSSR count). The predicted octanol–water partition coefficient (Wildman–Crippen LogP) is 3.85. The maximum absolute atomic E-state index is 12.7. The highest BCUT2D eigenvalue weighted by Crippen LogP contribution is 2.35. The first-order valence-corrected chi connectivity index (χ1v) is 14.3. The molecular weight excluding hydrogens is 474 g/mol. The Morgan fingerprint density at radius 3 is 2.67 bits per heavy atom. The van der Waals surface area contributed by atoms with Gasteiger partial charge >= 0.3 is 0 Å². The van der Waals surface area contributed by atoms with Crippen molar-refractivity contribution < 1.29 is 13.2 Å². The zero-order valence-electron chi connectivity index (χ0n) is 21.1. The van der Waals surface area contributed by atoms with Crippen LogP contribution in [-0.4, -0.2) is 54.0 Å². The molecule has 8 nitrogen and oxygen atoms in total.